The van der Waals surface area contributed by atoms with Crippen LogP contribution in [0.2, 0.25) is 0 Å². The lowest BCUT2D eigenvalue weighted by Crippen LogP contribution is -2.30. The van der Waals surface area contributed by atoms with Gasteiger partial charge in [-0.3, -0.25) is 0 Å². The number of benzene rings is 2. The van der Waals surface area contributed by atoms with Crippen LogP contribution in [0.1, 0.15) is 43.5 Å². The number of ether oxygens (including phenoxy) is 2. The highest BCUT2D eigenvalue weighted by Crippen LogP contribution is 2.30. The van der Waals surface area contributed by atoms with Crippen LogP contribution in [0, 0.1) is 13.8 Å². The molecule has 0 aliphatic carbocycles. The van der Waals surface area contributed by atoms with Gasteiger partial charge in [0.15, 0.2) is 16.6 Å². The van der Waals surface area contributed by atoms with E-state index in [1.807, 2.05) is 38.1 Å². The van der Waals surface area contributed by atoms with Gasteiger partial charge in [-0.15, -0.1) is 0 Å². The van der Waals surface area contributed by atoms with Crippen LogP contribution >= 0.6 is 12.2 Å². The lowest BCUT2D eigenvalue weighted by atomic mass is 10.1. The number of rotatable bonds is 7. The quantitative estimate of drug-likeness (QED) is 0.658. The van der Waals surface area contributed by atoms with Gasteiger partial charge < -0.3 is 20.1 Å². The van der Waals surface area contributed by atoms with Crippen molar-refractivity contribution in [1.82, 2.24) is 5.32 Å². The Morgan fingerprint density at radius 2 is 1.65 bits per heavy atom. The Labute approximate surface area is 161 Å². The fourth-order valence-corrected chi connectivity index (χ4v) is 2.90. The van der Waals surface area contributed by atoms with Crippen LogP contribution in [0.5, 0.6) is 11.5 Å². The van der Waals surface area contributed by atoms with Gasteiger partial charge in [0.05, 0.1) is 19.3 Å². The van der Waals surface area contributed by atoms with E-state index in [0.717, 1.165) is 22.7 Å². The molecule has 0 saturated heterocycles. The maximum absolute atomic E-state index is 5.70. The zero-order valence-corrected chi connectivity index (χ0v) is 17.0. The molecule has 0 heterocycles. The van der Waals surface area contributed by atoms with E-state index in [0.29, 0.717) is 18.3 Å². The summed E-state index contributed by atoms with van der Waals surface area (Å²) in [5.41, 5.74) is 4.57. The first-order valence-electron chi connectivity index (χ1n) is 8.98. The van der Waals surface area contributed by atoms with Crippen LogP contribution in [0.3, 0.4) is 0 Å². The Morgan fingerprint density at radius 1 is 0.962 bits per heavy atom. The second kappa shape index (κ2) is 9.43. The maximum Gasteiger partial charge on any atom is 0.171 e. The molecule has 0 saturated carbocycles. The third kappa shape index (κ3) is 5.36. The number of thiocarbonyl (C=S) groups is 1. The first-order valence-corrected chi connectivity index (χ1v) is 9.39. The second-order valence-corrected chi connectivity index (χ2v) is 6.60. The summed E-state index contributed by atoms with van der Waals surface area (Å²) in [5.74, 6) is 1.52. The molecule has 0 aliphatic heterocycles. The zero-order chi connectivity index (χ0) is 19.1. The van der Waals surface area contributed by atoms with Gasteiger partial charge in [0.2, 0.25) is 0 Å². The van der Waals surface area contributed by atoms with Crippen molar-refractivity contribution < 1.29 is 9.47 Å². The fourth-order valence-electron chi connectivity index (χ4n) is 2.60. The third-order valence-electron chi connectivity index (χ3n) is 4.18. The van der Waals surface area contributed by atoms with Crippen molar-refractivity contribution in [1.29, 1.82) is 0 Å². The first kappa shape index (κ1) is 20.0. The van der Waals surface area contributed by atoms with Crippen LogP contribution in [-0.2, 0) is 0 Å². The Bertz CT molecular complexity index is 762. The maximum atomic E-state index is 5.70. The lowest BCUT2D eigenvalue weighted by molar-refractivity contribution is 0.287. The molecule has 0 fully saturated rings. The fraction of sp³-hybridized carbons (Fsp3) is 0.381. The topological polar surface area (TPSA) is 42.5 Å². The number of anilines is 1. The van der Waals surface area contributed by atoms with E-state index in [-0.39, 0.29) is 6.04 Å². The molecule has 0 amide bonds. The summed E-state index contributed by atoms with van der Waals surface area (Å²) in [6, 6.07) is 12.2. The molecule has 0 aromatic heterocycles. The predicted molar refractivity (Wildman–Crippen MR) is 112 cm³/mol. The first-order chi connectivity index (χ1) is 12.4. The summed E-state index contributed by atoms with van der Waals surface area (Å²) in [6.45, 7) is 11.4. The SMILES string of the molecule is CCOc1ccc([C@H](C)NC(=S)Nc2ccc(C)c(C)c2)cc1OCC. The van der Waals surface area contributed by atoms with Crippen molar-refractivity contribution in [3.63, 3.8) is 0 Å². The van der Waals surface area contributed by atoms with Crippen molar-refractivity contribution in [2.75, 3.05) is 18.5 Å². The minimum atomic E-state index is 0.0384. The van der Waals surface area contributed by atoms with Crippen LogP contribution in [0.15, 0.2) is 36.4 Å². The normalized spacial score (nSPS) is 11.6. The Balaban J connectivity index is 2.05. The van der Waals surface area contributed by atoms with Gasteiger partial charge in [-0.2, -0.15) is 0 Å². The molecule has 2 N–H and O–H groups in total. The summed E-state index contributed by atoms with van der Waals surface area (Å²) in [7, 11) is 0. The van der Waals surface area contributed by atoms with E-state index < -0.39 is 0 Å². The highest BCUT2D eigenvalue weighted by atomic mass is 32.1. The summed E-state index contributed by atoms with van der Waals surface area (Å²) in [4.78, 5) is 0. The van der Waals surface area contributed by atoms with E-state index in [1.165, 1.54) is 11.1 Å². The van der Waals surface area contributed by atoms with Gasteiger partial charge in [-0.1, -0.05) is 12.1 Å². The van der Waals surface area contributed by atoms with E-state index in [4.69, 9.17) is 21.7 Å². The molecule has 0 spiro atoms. The van der Waals surface area contributed by atoms with Gasteiger partial charge in [-0.25, -0.2) is 0 Å². The number of hydrogen-bond acceptors (Lipinski definition) is 3. The number of nitrogens with one attached hydrogen (secondary N) is 2. The molecular weight excluding hydrogens is 344 g/mol. The summed E-state index contributed by atoms with van der Waals surface area (Å²) in [6.07, 6.45) is 0. The molecule has 0 unspecified atom stereocenters. The predicted octanol–water partition coefficient (Wildman–Crippen LogP) is 5.15. The average molecular weight is 373 g/mol. The molecule has 2 rings (SSSR count). The van der Waals surface area contributed by atoms with Crippen molar-refractivity contribution in [3.8, 4) is 11.5 Å². The highest BCUT2D eigenvalue weighted by Gasteiger charge is 2.12. The van der Waals surface area contributed by atoms with Gasteiger partial charge in [-0.05, 0) is 87.8 Å². The lowest BCUT2D eigenvalue weighted by Gasteiger charge is -2.19. The van der Waals surface area contributed by atoms with Crippen molar-refractivity contribution in [2.24, 2.45) is 0 Å². The molecule has 140 valence electrons. The molecular formula is C21H28N2O2S. The molecule has 5 heteroatoms. The summed E-state index contributed by atoms with van der Waals surface area (Å²) < 4.78 is 11.3. The third-order valence-corrected chi connectivity index (χ3v) is 4.40. The number of hydrogen-bond donors (Lipinski definition) is 2. The molecule has 0 radical (unpaired) electrons. The van der Waals surface area contributed by atoms with Crippen LogP contribution in [0.4, 0.5) is 5.69 Å². The number of aryl methyl sites for hydroxylation is 2. The Kier molecular flexibility index (Phi) is 7.27. The molecule has 26 heavy (non-hydrogen) atoms. The Morgan fingerprint density at radius 3 is 2.31 bits per heavy atom. The van der Waals surface area contributed by atoms with Crippen molar-refractivity contribution in [2.45, 2.75) is 40.7 Å². The van der Waals surface area contributed by atoms with Gasteiger partial charge in [0, 0.05) is 5.69 Å². The largest absolute Gasteiger partial charge is 0.490 e. The monoisotopic (exact) mass is 372 g/mol. The summed E-state index contributed by atoms with van der Waals surface area (Å²) in [5, 5.41) is 7.16. The van der Waals surface area contributed by atoms with Gasteiger partial charge in [0.25, 0.3) is 0 Å². The van der Waals surface area contributed by atoms with Crippen molar-refractivity contribution >= 4 is 23.0 Å². The van der Waals surface area contributed by atoms with Gasteiger partial charge in [0.1, 0.15) is 0 Å². The Hall–Kier alpha value is -2.27. The summed E-state index contributed by atoms with van der Waals surface area (Å²) >= 11 is 5.46. The average Bonchev–Trinajstić information content (AvgIpc) is 2.60. The van der Waals surface area contributed by atoms with E-state index in [1.54, 1.807) is 0 Å². The zero-order valence-electron chi connectivity index (χ0n) is 16.2. The standard InChI is InChI=1S/C21H28N2O2S/c1-6-24-19-11-9-17(13-20(19)25-7-2)16(5)22-21(26)23-18-10-8-14(3)15(4)12-18/h8-13,16H,6-7H2,1-5H3,(H2,22,23,26)/t16-/m0/s1. The molecule has 2 aromatic rings. The molecule has 0 aliphatic rings. The van der Waals surface area contributed by atoms with E-state index in [9.17, 15) is 0 Å². The minimum Gasteiger partial charge on any atom is -0.490 e. The second-order valence-electron chi connectivity index (χ2n) is 6.19. The highest BCUT2D eigenvalue weighted by molar-refractivity contribution is 7.80. The van der Waals surface area contributed by atoms with Crippen LogP contribution in [0.25, 0.3) is 0 Å². The molecule has 0 bridgehead atoms. The van der Waals surface area contributed by atoms with E-state index >= 15 is 0 Å². The molecule has 4 nitrogen and oxygen atoms in total. The van der Waals surface area contributed by atoms with Crippen LogP contribution < -0.4 is 20.1 Å². The smallest absolute Gasteiger partial charge is 0.171 e. The van der Waals surface area contributed by atoms with Gasteiger partial charge >= 0.3 is 0 Å². The van der Waals surface area contributed by atoms with Crippen molar-refractivity contribution in [3.05, 3.63) is 53.1 Å². The minimum absolute atomic E-state index is 0.0384. The van der Waals surface area contributed by atoms with E-state index in [2.05, 4.69) is 43.5 Å². The van der Waals surface area contributed by atoms with Crippen LogP contribution in [-0.4, -0.2) is 18.3 Å². The molecule has 2 aromatic carbocycles. The molecule has 1 atom stereocenters.